The number of nitriles is 1. The zero-order valence-corrected chi connectivity index (χ0v) is 17.2. The van der Waals surface area contributed by atoms with Crippen molar-refractivity contribution < 1.29 is 19.1 Å². The van der Waals surface area contributed by atoms with Gasteiger partial charge in [0.25, 0.3) is 5.91 Å². The van der Waals surface area contributed by atoms with Gasteiger partial charge in [0.15, 0.2) is 6.61 Å². The van der Waals surface area contributed by atoms with E-state index in [9.17, 15) is 19.6 Å². The lowest BCUT2D eigenvalue weighted by atomic mass is 10.1. The maximum atomic E-state index is 12.2. The zero-order valence-electron chi connectivity index (χ0n) is 17.2. The third kappa shape index (κ3) is 6.21. The van der Waals surface area contributed by atoms with E-state index in [4.69, 9.17) is 4.74 Å². The lowest BCUT2D eigenvalue weighted by Crippen LogP contribution is -2.45. The Morgan fingerprint density at radius 3 is 2.62 bits per heavy atom. The molecule has 29 heavy (non-hydrogen) atoms. The molecule has 1 aliphatic rings. The van der Waals surface area contributed by atoms with Crippen LogP contribution in [0.2, 0.25) is 0 Å². The quantitative estimate of drug-likeness (QED) is 0.415. The van der Waals surface area contributed by atoms with Gasteiger partial charge in [-0.3, -0.25) is 10.1 Å². The van der Waals surface area contributed by atoms with Gasteiger partial charge < -0.3 is 14.6 Å². The molecule has 3 amide bonds. The summed E-state index contributed by atoms with van der Waals surface area (Å²) >= 11 is 0. The fourth-order valence-electron chi connectivity index (χ4n) is 3.50. The highest BCUT2D eigenvalue weighted by atomic mass is 16.5. The summed E-state index contributed by atoms with van der Waals surface area (Å²) in [5, 5.41) is 14.1. The fraction of sp³-hybridized carbons (Fsp3) is 0.524. The third-order valence-corrected chi connectivity index (χ3v) is 4.98. The summed E-state index contributed by atoms with van der Waals surface area (Å²) in [5.41, 5.74) is 2.54. The lowest BCUT2D eigenvalue weighted by Gasteiger charge is -2.12. The number of urea groups is 1. The van der Waals surface area contributed by atoms with Crippen LogP contribution >= 0.6 is 0 Å². The van der Waals surface area contributed by atoms with Crippen LogP contribution in [0.4, 0.5) is 4.79 Å². The van der Waals surface area contributed by atoms with E-state index in [1.54, 1.807) is 0 Å². The number of carbonyl (C=O) groups is 3. The number of imide groups is 1. The monoisotopic (exact) mass is 400 g/mol. The number of esters is 1. The molecule has 1 aromatic heterocycles. The predicted molar refractivity (Wildman–Crippen MR) is 108 cm³/mol. The Morgan fingerprint density at radius 2 is 2.00 bits per heavy atom. The Labute approximate surface area is 170 Å². The van der Waals surface area contributed by atoms with Crippen LogP contribution in [0, 0.1) is 25.2 Å². The van der Waals surface area contributed by atoms with Crippen molar-refractivity contribution in [2.45, 2.75) is 65.5 Å². The number of amides is 3. The molecular weight excluding hydrogens is 372 g/mol. The average Bonchev–Trinajstić information content (AvgIpc) is 3.27. The molecule has 0 aliphatic heterocycles. The van der Waals surface area contributed by atoms with Gasteiger partial charge >= 0.3 is 12.0 Å². The van der Waals surface area contributed by atoms with Crippen LogP contribution in [0.15, 0.2) is 11.6 Å². The SMILES string of the molecule is CCCn1c(C)cc(C=C(C#N)C(=O)OCC(=O)NC(=O)NC2CCCC2)c1C. The van der Waals surface area contributed by atoms with Crippen molar-refractivity contribution in [2.75, 3.05) is 6.61 Å². The highest BCUT2D eigenvalue weighted by molar-refractivity contribution is 6.00. The average molecular weight is 400 g/mol. The zero-order chi connectivity index (χ0) is 21.4. The number of nitrogens with one attached hydrogen (secondary N) is 2. The van der Waals surface area contributed by atoms with Crippen LogP contribution in [0.5, 0.6) is 0 Å². The number of carbonyl (C=O) groups excluding carboxylic acids is 3. The van der Waals surface area contributed by atoms with Crippen molar-refractivity contribution >= 4 is 24.0 Å². The van der Waals surface area contributed by atoms with Gasteiger partial charge in [-0.15, -0.1) is 0 Å². The molecule has 0 radical (unpaired) electrons. The van der Waals surface area contributed by atoms with Gasteiger partial charge in [-0.2, -0.15) is 5.26 Å². The number of aryl methyl sites for hydroxylation is 1. The standard InChI is InChI=1S/C21H28N4O4/c1-4-9-25-14(2)10-16(15(25)3)11-17(12-22)20(27)29-13-19(26)24-21(28)23-18-7-5-6-8-18/h10-11,18H,4-9,13H2,1-3H3,(H2,23,24,26,28). The largest absolute Gasteiger partial charge is 0.451 e. The number of aromatic nitrogens is 1. The van der Waals surface area contributed by atoms with Gasteiger partial charge in [-0.05, 0) is 50.8 Å². The molecule has 1 aliphatic carbocycles. The van der Waals surface area contributed by atoms with Crippen molar-refractivity contribution in [3.05, 3.63) is 28.6 Å². The van der Waals surface area contributed by atoms with E-state index in [1.807, 2.05) is 26.0 Å². The summed E-state index contributed by atoms with van der Waals surface area (Å²) in [6.07, 6.45) is 6.33. The molecule has 8 nitrogen and oxygen atoms in total. The molecule has 8 heteroatoms. The normalized spacial score (nSPS) is 14.3. The summed E-state index contributed by atoms with van der Waals surface area (Å²) in [4.78, 5) is 35.8. The van der Waals surface area contributed by atoms with E-state index in [0.29, 0.717) is 0 Å². The summed E-state index contributed by atoms with van der Waals surface area (Å²) in [6, 6.07) is 3.19. The molecular formula is C21H28N4O4. The summed E-state index contributed by atoms with van der Waals surface area (Å²) < 4.78 is 7.01. The van der Waals surface area contributed by atoms with E-state index in [-0.39, 0.29) is 11.6 Å². The Morgan fingerprint density at radius 1 is 1.31 bits per heavy atom. The van der Waals surface area contributed by atoms with Crippen LogP contribution in [-0.4, -0.2) is 35.1 Å². The molecule has 1 fully saturated rings. The molecule has 0 aromatic carbocycles. The first-order valence-electron chi connectivity index (χ1n) is 9.91. The predicted octanol–water partition coefficient (Wildman–Crippen LogP) is 2.73. The summed E-state index contributed by atoms with van der Waals surface area (Å²) in [6.45, 7) is 6.17. The number of ether oxygens (including phenoxy) is 1. The second-order valence-electron chi connectivity index (χ2n) is 7.23. The molecule has 2 rings (SSSR count). The third-order valence-electron chi connectivity index (χ3n) is 4.98. The highest BCUT2D eigenvalue weighted by Gasteiger charge is 2.19. The Bertz CT molecular complexity index is 842. The minimum atomic E-state index is -0.904. The van der Waals surface area contributed by atoms with Gasteiger partial charge in [0.1, 0.15) is 11.6 Å². The number of hydrogen-bond acceptors (Lipinski definition) is 5. The van der Waals surface area contributed by atoms with Crippen LogP contribution in [0.3, 0.4) is 0 Å². The first-order chi connectivity index (χ1) is 13.8. The summed E-state index contributed by atoms with van der Waals surface area (Å²) in [7, 11) is 0. The van der Waals surface area contributed by atoms with Crippen LogP contribution in [0.25, 0.3) is 6.08 Å². The Balaban J connectivity index is 1.91. The Hall–Kier alpha value is -3.08. The van der Waals surface area contributed by atoms with Crippen molar-refractivity contribution in [1.82, 2.24) is 15.2 Å². The topological polar surface area (TPSA) is 113 Å². The summed E-state index contributed by atoms with van der Waals surface area (Å²) in [5.74, 6) is -1.65. The van der Waals surface area contributed by atoms with Crippen LogP contribution in [-0.2, 0) is 20.9 Å². The molecule has 1 saturated carbocycles. The minimum Gasteiger partial charge on any atom is -0.451 e. The van der Waals surface area contributed by atoms with Gasteiger partial charge in [0, 0.05) is 24.0 Å². The van der Waals surface area contributed by atoms with Gasteiger partial charge in [0.2, 0.25) is 0 Å². The van der Waals surface area contributed by atoms with E-state index in [2.05, 4.69) is 22.1 Å². The molecule has 0 bridgehead atoms. The second kappa shape index (κ2) is 10.5. The first kappa shape index (κ1) is 22.2. The molecule has 1 heterocycles. The lowest BCUT2D eigenvalue weighted by molar-refractivity contribution is -0.144. The van der Waals surface area contributed by atoms with Gasteiger partial charge in [0.05, 0.1) is 0 Å². The minimum absolute atomic E-state index is 0.0742. The van der Waals surface area contributed by atoms with E-state index in [0.717, 1.165) is 55.6 Å². The molecule has 1 aromatic rings. The molecule has 156 valence electrons. The first-order valence-corrected chi connectivity index (χ1v) is 9.91. The molecule has 0 atom stereocenters. The highest BCUT2D eigenvalue weighted by Crippen LogP contribution is 2.19. The Kier molecular flexibility index (Phi) is 8.01. The maximum absolute atomic E-state index is 12.2. The number of hydrogen-bond donors (Lipinski definition) is 2. The van der Waals surface area contributed by atoms with Crippen molar-refractivity contribution in [3.8, 4) is 6.07 Å². The maximum Gasteiger partial charge on any atom is 0.349 e. The van der Waals surface area contributed by atoms with E-state index in [1.165, 1.54) is 6.08 Å². The van der Waals surface area contributed by atoms with Crippen molar-refractivity contribution in [2.24, 2.45) is 0 Å². The fourth-order valence-corrected chi connectivity index (χ4v) is 3.50. The van der Waals surface area contributed by atoms with Crippen molar-refractivity contribution in [1.29, 1.82) is 5.26 Å². The number of rotatable bonds is 7. The second-order valence-corrected chi connectivity index (χ2v) is 7.23. The van der Waals surface area contributed by atoms with E-state index >= 15 is 0 Å². The van der Waals surface area contributed by atoms with Crippen LogP contribution in [0.1, 0.15) is 56.0 Å². The number of nitrogens with zero attached hydrogens (tertiary/aromatic N) is 2. The van der Waals surface area contributed by atoms with Gasteiger partial charge in [-0.25, -0.2) is 9.59 Å². The molecule has 0 saturated heterocycles. The molecule has 0 unspecified atom stereocenters. The smallest absolute Gasteiger partial charge is 0.349 e. The molecule has 0 spiro atoms. The van der Waals surface area contributed by atoms with E-state index < -0.39 is 24.5 Å². The molecule has 2 N–H and O–H groups in total. The van der Waals surface area contributed by atoms with Gasteiger partial charge in [-0.1, -0.05) is 19.8 Å². The van der Waals surface area contributed by atoms with Crippen LogP contribution < -0.4 is 10.6 Å². The van der Waals surface area contributed by atoms with Crippen molar-refractivity contribution in [3.63, 3.8) is 0 Å².